The topological polar surface area (TPSA) is 70.6 Å². The lowest BCUT2D eigenvalue weighted by Gasteiger charge is -2.19. The van der Waals surface area contributed by atoms with Gasteiger partial charge in [-0.1, -0.05) is 20.8 Å². The molecule has 0 aromatic rings. The van der Waals surface area contributed by atoms with Crippen LogP contribution in [0.4, 0.5) is 0 Å². The number of guanidine groups is 1. The summed E-state index contributed by atoms with van der Waals surface area (Å²) < 4.78 is 22.4. The predicted molar refractivity (Wildman–Crippen MR) is 107 cm³/mol. The maximum absolute atomic E-state index is 11.2. The molecule has 0 radical (unpaired) electrons. The first-order valence-corrected chi connectivity index (χ1v) is 9.82. The lowest BCUT2D eigenvalue weighted by molar-refractivity contribution is 0.368. The highest BCUT2D eigenvalue weighted by Crippen LogP contribution is 2.20. The summed E-state index contributed by atoms with van der Waals surface area (Å²) in [5.41, 5.74) is 0.337. The minimum absolute atomic E-state index is 0. The van der Waals surface area contributed by atoms with Crippen molar-refractivity contribution < 1.29 is 8.42 Å². The van der Waals surface area contributed by atoms with Crippen molar-refractivity contribution in [2.75, 3.05) is 25.1 Å². The molecule has 1 atom stereocenters. The highest BCUT2D eigenvalue weighted by molar-refractivity contribution is 14.0. The van der Waals surface area contributed by atoms with Crippen molar-refractivity contribution in [1.29, 1.82) is 0 Å². The van der Waals surface area contributed by atoms with Crippen LogP contribution in [0.15, 0.2) is 4.99 Å². The summed E-state index contributed by atoms with van der Waals surface area (Å²) in [6.45, 7) is 12.3. The average Bonchev–Trinajstić information content (AvgIpc) is 2.30. The maximum Gasteiger partial charge on any atom is 0.191 e. The summed E-state index contributed by atoms with van der Waals surface area (Å²) in [5, 5.41) is 6.46. The van der Waals surface area contributed by atoms with Crippen LogP contribution in [0.25, 0.3) is 0 Å². The number of nitrogens with one attached hydrogen (secondary N) is 2. The van der Waals surface area contributed by atoms with Crippen LogP contribution in [0.1, 0.15) is 53.9 Å². The van der Waals surface area contributed by atoms with Gasteiger partial charge < -0.3 is 10.6 Å². The Labute approximate surface area is 154 Å². The van der Waals surface area contributed by atoms with E-state index in [0.717, 1.165) is 31.9 Å². The zero-order valence-electron chi connectivity index (χ0n) is 14.9. The van der Waals surface area contributed by atoms with Crippen molar-refractivity contribution in [3.63, 3.8) is 0 Å². The molecule has 0 saturated carbocycles. The predicted octanol–water partition coefficient (Wildman–Crippen LogP) is 2.81. The highest BCUT2D eigenvalue weighted by Gasteiger charge is 2.10. The van der Waals surface area contributed by atoms with E-state index < -0.39 is 9.84 Å². The molecule has 0 saturated heterocycles. The SMILES string of the molecule is CCNC(=NCCCC(C)(C)C)NC(C)CCS(C)(=O)=O.I. The van der Waals surface area contributed by atoms with Gasteiger partial charge in [-0.15, -0.1) is 24.0 Å². The van der Waals surface area contributed by atoms with E-state index in [2.05, 4.69) is 36.4 Å². The number of sulfone groups is 1. The summed E-state index contributed by atoms with van der Waals surface area (Å²) in [6, 6.07) is 0.0835. The van der Waals surface area contributed by atoms with E-state index in [9.17, 15) is 8.42 Å². The molecule has 0 rings (SSSR count). The van der Waals surface area contributed by atoms with Crippen LogP contribution in [0.2, 0.25) is 0 Å². The largest absolute Gasteiger partial charge is 0.357 e. The normalized spacial score (nSPS) is 14.2. The Hall–Kier alpha value is -0.0500. The summed E-state index contributed by atoms with van der Waals surface area (Å²) >= 11 is 0. The second kappa shape index (κ2) is 11.5. The van der Waals surface area contributed by atoms with Crippen LogP contribution in [0.3, 0.4) is 0 Å². The molecule has 134 valence electrons. The van der Waals surface area contributed by atoms with E-state index in [1.165, 1.54) is 6.26 Å². The third kappa shape index (κ3) is 16.3. The molecule has 0 spiro atoms. The minimum Gasteiger partial charge on any atom is -0.357 e. The second-order valence-corrected chi connectivity index (χ2v) is 9.15. The number of hydrogen-bond donors (Lipinski definition) is 2. The Morgan fingerprint density at radius 3 is 2.32 bits per heavy atom. The number of nitrogens with zero attached hydrogens (tertiary/aromatic N) is 1. The second-order valence-electron chi connectivity index (χ2n) is 6.89. The molecule has 0 bridgehead atoms. The van der Waals surface area contributed by atoms with Gasteiger partial charge in [0.1, 0.15) is 9.84 Å². The van der Waals surface area contributed by atoms with Crippen LogP contribution in [0, 0.1) is 5.41 Å². The molecule has 0 amide bonds. The molecule has 0 aliphatic rings. The Bertz CT molecular complexity index is 417. The fraction of sp³-hybridized carbons (Fsp3) is 0.933. The molecular weight excluding hydrogens is 413 g/mol. The summed E-state index contributed by atoms with van der Waals surface area (Å²) in [6.07, 6.45) is 4.05. The average molecular weight is 447 g/mol. The van der Waals surface area contributed by atoms with Crippen LogP contribution < -0.4 is 10.6 Å². The van der Waals surface area contributed by atoms with Gasteiger partial charge in [-0.25, -0.2) is 8.42 Å². The van der Waals surface area contributed by atoms with Crippen molar-refractivity contribution >= 4 is 39.8 Å². The smallest absolute Gasteiger partial charge is 0.191 e. The number of halogens is 1. The van der Waals surface area contributed by atoms with Crippen molar-refractivity contribution in [2.45, 2.75) is 59.9 Å². The van der Waals surface area contributed by atoms with Gasteiger partial charge in [-0.05, 0) is 38.5 Å². The quantitative estimate of drug-likeness (QED) is 0.260. The Morgan fingerprint density at radius 2 is 1.86 bits per heavy atom. The van der Waals surface area contributed by atoms with E-state index in [0.29, 0.717) is 11.8 Å². The lowest BCUT2D eigenvalue weighted by Crippen LogP contribution is -2.42. The molecule has 5 nitrogen and oxygen atoms in total. The summed E-state index contributed by atoms with van der Waals surface area (Å²) in [7, 11) is -2.90. The van der Waals surface area contributed by atoms with Crippen molar-refractivity contribution in [2.24, 2.45) is 10.4 Å². The van der Waals surface area contributed by atoms with Crippen LogP contribution in [-0.4, -0.2) is 45.5 Å². The molecule has 0 fully saturated rings. The van der Waals surface area contributed by atoms with Gasteiger partial charge in [0.25, 0.3) is 0 Å². The maximum atomic E-state index is 11.2. The number of hydrogen-bond acceptors (Lipinski definition) is 3. The molecule has 0 aliphatic heterocycles. The van der Waals surface area contributed by atoms with Gasteiger partial charge >= 0.3 is 0 Å². The first-order valence-electron chi connectivity index (χ1n) is 7.76. The Morgan fingerprint density at radius 1 is 1.27 bits per heavy atom. The molecule has 0 heterocycles. The monoisotopic (exact) mass is 447 g/mol. The van der Waals surface area contributed by atoms with Gasteiger partial charge in [0.2, 0.25) is 0 Å². The van der Waals surface area contributed by atoms with E-state index in [1.807, 2.05) is 13.8 Å². The van der Waals surface area contributed by atoms with Crippen molar-refractivity contribution in [1.82, 2.24) is 10.6 Å². The van der Waals surface area contributed by atoms with Crippen LogP contribution in [0.5, 0.6) is 0 Å². The van der Waals surface area contributed by atoms with Gasteiger partial charge in [0.15, 0.2) is 5.96 Å². The van der Waals surface area contributed by atoms with Crippen molar-refractivity contribution in [3.8, 4) is 0 Å². The van der Waals surface area contributed by atoms with Gasteiger partial charge in [0, 0.05) is 25.4 Å². The van der Waals surface area contributed by atoms with E-state index in [4.69, 9.17) is 0 Å². The molecule has 22 heavy (non-hydrogen) atoms. The third-order valence-electron chi connectivity index (χ3n) is 3.00. The Kier molecular flexibility index (Phi) is 12.6. The first kappa shape index (κ1) is 24.2. The highest BCUT2D eigenvalue weighted by atomic mass is 127. The zero-order chi connectivity index (χ0) is 16.5. The van der Waals surface area contributed by atoms with E-state index >= 15 is 0 Å². The lowest BCUT2D eigenvalue weighted by atomic mass is 9.91. The standard InChI is InChI=1S/C15H33N3O2S.HI/c1-7-16-14(17-11-8-10-15(3,4)5)18-13(2)9-12-21(6,19)20;/h13H,7-12H2,1-6H3,(H2,16,17,18);1H. The van der Waals surface area contributed by atoms with Crippen LogP contribution >= 0.6 is 24.0 Å². The summed E-state index contributed by atoms with van der Waals surface area (Å²) in [5.74, 6) is 0.970. The molecule has 1 unspecified atom stereocenters. The van der Waals surface area contributed by atoms with Crippen molar-refractivity contribution in [3.05, 3.63) is 0 Å². The molecule has 0 aromatic heterocycles. The fourth-order valence-corrected chi connectivity index (χ4v) is 2.60. The summed E-state index contributed by atoms with van der Waals surface area (Å²) in [4.78, 5) is 4.55. The molecule has 0 aromatic carbocycles. The Balaban J connectivity index is 0. The minimum atomic E-state index is -2.90. The molecule has 0 aliphatic carbocycles. The number of aliphatic imine (C=N–C) groups is 1. The molecule has 2 N–H and O–H groups in total. The number of rotatable bonds is 8. The van der Waals surface area contributed by atoms with E-state index in [1.54, 1.807) is 0 Å². The molecular formula is C15H34IN3O2S. The first-order chi connectivity index (χ1) is 9.53. The van der Waals surface area contributed by atoms with Gasteiger partial charge in [-0.2, -0.15) is 0 Å². The van der Waals surface area contributed by atoms with E-state index in [-0.39, 0.29) is 35.8 Å². The zero-order valence-corrected chi connectivity index (χ0v) is 18.0. The van der Waals surface area contributed by atoms with Crippen LogP contribution in [-0.2, 0) is 9.84 Å². The fourth-order valence-electron chi connectivity index (χ4n) is 1.82. The van der Waals surface area contributed by atoms with Gasteiger partial charge in [-0.3, -0.25) is 4.99 Å². The van der Waals surface area contributed by atoms with Gasteiger partial charge in [0.05, 0.1) is 5.75 Å². The third-order valence-corrected chi connectivity index (χ3v) is 3.98. The molecule has 7 heteroatoms.